The van der Waals surface area contributed by atoms with E-state index in [1.165, 1.54) is 5.56 Å². The normalized spacial score (nSPS) is 9.74. The number of halogens is 1. The van der Waals surface area contributed by atoms with Gasteiger partial charge < -0.3 is 10.1 Å². The van der Waals surface area contributed by atoms with Gasteiger partial charge in [0.2, 0.25) is 0 Å². The summed E-state index contributed by atoms with van der Waals surface area (Å²) in [5, 5.41) is 3.36. The highest BCUT2D eigenvalue weighted by atomic mass is 35.5. The SMILES string of the molecule is CCCNCc1cccc(Oc2ncccn2)c1.Cl. The van der Waals surface area contributed by atoms with Gasteiger partial charge in [-0.15, -0.1) is 12.4 Å². The van der Waals surface area contributed by atoms with E-state index in [-0.39, 0.29) is 12.4 Å². The van der Waals surface area contributed by atoms with Crippen molar-refractivity contribution < 1.29 is 4.74 Å². The highest BCUT2D eigenvalue weighted by Crippen LogP contribution is 2.18. The Balaban J connectivity index is 0.00000180. The highest BCUT2D eigenvalue weighted by molar-refractivity contribution is 5.85. The van der Waals surface area contributed by atoms with Gasteiger partial charge in [0.25, 0.3) is 0 Å². The van der Waals surface area contributed by atoms with Gasteiger partial charge >= 0.3 is 6.01 Å². The Morgan fingerprint density at radius 1 is 1.16 bits per heavy atom. The molecule has 2 aromatic rings. The zero-order valence-corrected chi connectivity index (χ0v) is 11.7. The maximum absolute atomic E-state index is 5.58. The van der Waals surface area contributed by atoms with Gasteiger partial charge in [-0.1, -0.05) is 19.1 Å². The number of ether oxygens (including phenoxy) is 1. The lowest BCUT2D eigenvalue weighted by Crippen LogP contribution is -2.13. The molecule has 1 aromatic heterocycles. The van der Waals surface area contributed by atoms with E-state index in [9.17, 15) is 0 Å². The standard InChI is InChI=1S/C14H17N3O.ClH/c1-2-7-15-11-12-5-3-6-13(10-12)18-14-16-8-4-9-17-14;/h3-6,8-10,15H,2,7,11H2,1H3;1H. The highest BCUT2D eigenvalue weighted by Gasteiger charge is 2.00. The number of nitrogens with zero attached hydrogens (tertiary/aromatic N) is 2. The Labute approximate surface area is 119 Å². The van der Waals surface area contributed by atoms with E-state index < -0.39 is 0 Å². The fourth-order valence-corrected chi connectivity index (χ4v) is 1.57. The Kier molecular flexibility index (Phi) is 6.85. The van der Waals surface area contributed by atoms with Crippen LogP contribution in [0.2, 0.25) is 0 Å². The third-order valence-electron chi connectivity index (χ3n) is 2.41. The van der Waals surface area contributed by atoms with Gasteiger partial charge in [0, 0.05) is 18.9 Å². The number of hydrogen-bond acceptors (Lipinski definition) is 4. The first-order valence-corrected chi connectivity index (χ1v) is 6.13. The molecule has 0 aliphatic heterocycles. The summed E-state index contributed by atoms with van der Waals surface area (Å²) >= 11 is 0. The van der Waals surface area contributed by atoms with Crippen LogP contribution in [-0.4, -0.2) is 16.5 Å². The third kappa shape index (κ3) is 5.24. The van der Waals surface area contributed by atoms with Gasteiger partial charge in [0.05, 0.1) is 0 Å². The van der Waals surface area contributed by atoms with Gasteiger partial charge in [-0.3, -0.25) is 0 Å². The smallest absolute Gasteiger partial charge is 0.321 e. The van der Waals surface area contributed by atoms with E-state index in [0.29, 0.717) is 6.01 Å². The minimum Gasteiger partial charge on any atom is -0.424 e. The molecule has 0 spiro atoms. The summed E-state index contributed by atoms with van der Waals surface area (Å²) in [4.78, 5) is 8.06. The molecule has 4 nitrogen and oxygen atoms in total. The van der Waals surface area contributed by atoms with Gasteiger partial charge in [-0.2, -0.15) is 0 Å². The lowest BCUT2D eigenvalue weighted by Gasteiger charge is -2.06. The maximum Gasteiger partial charge on any atom is 0.321 e. The van der Waals surface area contributed by atoms with Crippen molar-refractivity contribution in [2.75, 3.05) is 6.54 Å². The average Bonchev–Trinajstić information content (AvgIpc) is 2.41. The molecule has 1 aromatic carbocycles. The molecule has 0 unspecified atom stereocenters. The molecule has 0 aliphatic carbocycles. The number of benzene rings is 1. The molecule has 102 valence electrons. The molecule has 1 heterocycles. The van der Waals surface area contributed by atoms with Crippen LogP contribution in [0.1, 0.15) is 18.9 Å². The minimum atomic E-state index is 0. The zero-order valence-electron chi connectivity index (χ0n) is 10.9. The van der Waals surface area contributed by atoms with E-state index in [1.807, 2.05) is 18.2 Å². The molecule has 2 rings (SSSR count). The quantitative estimate of drug-likeness (QED) is 0.825. The second-order valence-corrected chi connectivity index (χ2v) is 3.96. The molecule has 0 radical (unpaired) electrons. The van der Waals surface area contributed by atoms with Crippen LogP contribution in [0.15, 0.2) is 42.7 Å². The molecule has 0 bridgehead atoms. The van der Waals surface area contributed by atoms with Gasteiger partial charge in [0.15, 0.2) is 0 Å². The van der Waals surface area contributed by atoms with E-state index >= 15 is 0 Å². The zero-order chi connectivity index (χ0) is 12.6. The predicted molar refractivity (Wildman–Crippen MR) is 77.8 cm³/mol. The van der Waals surface area contributed by atoms with E-state index in [1.54, 1.807) is 18.5 Å². The first-order valence-electron chi connectivity index (χ1n) is 6.13. The summed E-state index contributed by atoms with van der Waals surface area (Å²) in [6, 6.07) is 10.1. The fourth-order valence-electron chi connectivity index (χ4n) is 1.57. The van der Waals surface area contributed by atoms with Crippen LogP contribution >= 0.6 is 12.4 Å². The van der Waals surface area contributed by atoms with Gasteiger partial charge in [0.1, 0.15) is 5.75 Å². The molecular formula is C14H18ClN3O. The molecule has 0 amide bonds. The molecular weight excluding hydrogens is 262 g/mol. The molecule has 0 fully saturated rings. The van der Waals surface area contributed by atoms with E-state index in [0.717, 1.165) is 25.3 Å². The summed E-state index contributed by atoms with van der Waals surface area (Å²) in [6.45, 7) is 4.02. The summed E-state index contributed by atoms with van der Waals surface area (Å²) in [5.41, 5.74) is 1.19. The van der Waals surface area contributed by atoms with Crippen LogP contribution in [-0.2, 0) is 6.54 Å². The van der Waals surface area contributed by atoms with Crippen molar-refractivity contribution in [3.05, 3.63) is 48.3 Å². The van der Waals surface area contributed by atoms with Crippen molar-refractivity contribution in [2.45, 2.75) is 19.9 Å². The topological polar surface area (TPSA) is 47.0 Å². The van der Waals surface area contributed by atoms with Crippen molar-refractivity contribution >= 4 is 12.4 Å². The molecule has 19 heavy (non-hydrogen) atoms. The lowest BCUT2D eigenvalue weighted by molar-refractivity contribution is 0.441. The summed E-state index contributed by atoms with van der Waals surface area (Å²) < 4.78 is 5.58. The molecule has 0 atom stereocenters. The minimum absolute atomic E-state index is 0. The molecule has 5 heteroatoms. The number of nitrogens with one attached hydrogen (secondary N) is 1. The Morgan fingerprint density at radius 2 is 1.95 bits per heavy atom. The van der Waals surface area contributed by atoms with Crippen molar-refractivity contribution in [3.63, 3.8) is 0 Å². The monoisotopic (exact) mass is 279 g/mol. The average molecular weight is 280 g/mol. The van der Waals surface area contributed by atoms with Crippen LogP contribution in [0.25, 0.3) is 0 Å². The summed E-state index contributed by atoms with van der Waals surface area (Å²) in [5.74, 6) is 0.761. The Hall–Kier alpha value is -1.65. The molecule has 0 saturated carbocycles. The van der Waals surface area contributed by atoms with Gasteiger partial charge in [-0.05, 0) is 36.7 Å². The summed E-state index contributed by atoms with van der Waals surface area (Å²) in [7, 11) is 0. The first-order chi connectivity index (χ1) is 8.88. The molecule has 0 aliphatic rings. The molecule has 1 N–H and O–H groups in total. The van der Waals surface area contributed by atoms with Crippen molar-refractivity contribution in [1.29, 1.82) is 0 Å². The van der Waals surface area contributed by atoms with E-state index in [4.69, 9.17) is 4.74 Å². The Morgan fingerprint density at radius 3 is 2.68 bits per heavy atom. The third-order valence-corrected chi connectivity index (χ3v) is 2.41. The second-order valence-electron chi connectivity index (χ2n) is 3.96. The van der Waals surface area contributed by atoms with E-state index in [2.05, 4.69) is 28.3 Å². The van der Waals surface area contributed by atoms with Crippen molar-refractivity contribution in [2.24, 2.45) is 0 Å². The van der Waals surface area contributed by atoms with Gasteiger partial charge in [-0.25, -0.2) is 9.97 Å². The van der Waals surface area contributed by atoms with Crippen LogP contribution in [0.3, 0.4) is 0 Å². The number of hydrogen-bond donors (Lipinski definition) is 1. The number of aromatic nitrogens is 2. The van der Waals surface area contributed by atoms with Crippen LogP contribution in [0.4, 0.5) is 0 Å². The van der Waals surface area contributed by atoms with Crippen molar-refractivity contribution in [1.82, 2.24) is 15.3 Å². The first kappa shape index (κ1) is 15.4. The van der Waals surface area contributed by atoms with Crippen LogP contribution in [0.5, 0.6) is 11.8 Å². The van der Waals surface area contributed by atoms with Crippen LogP contribution in [0, 0.1) is 0 Å². The lowest BCUT2D eigenvalue weighted by atomic mass is 10.2. The second kappa shape index (κ2) is 8.45. The fraction of sp³-hybridized carbons (Fsp3) is 0.286. The predicted octanol–water partition coefficient (Wildman–Crippen LogP) is 3.19. The largest absolute Gasteiger partial charge is 0.424 e. The maximum atomic E-state index is 5.58. The van der Waals surface area contributed by atoms with Crippen LogP contribution < -0.4 is 10.1 Å². The Bertz CT molecular complexity index is 479. The van der Waals surface area contributed by atoms with Crippen molar-refractivity contribution in [3.8, 4) is 11.8 Å². The molecule has 0 saturated heterocycles. The number of rotatable bonds is 6. The summed E-state index contributed by atoms with van der Waals surface area (Å²) in [6.07, 6.45) is 4.46.